The Morgan fingerprint density at radius 1 is 0.538 bits per heavy atom. The van der Waals surface area contributed by atoms with Crippen LogP contribution in [-0.2, 0) is 78.3 Å². The van der Waals surface area contributed by atoms with Gasteiger partial charge in [0.05, 0.1) is 0 Å². The number of aryl methyl sites for hydroxylation is 2. The molecule has 0 unspecified atom stereocenters. The number of fused-ring (bicyclic) bond motifs is 6. The number of hydrogen-bond acceptors (Lipinski definition) is 0. The van der Waals surface area contributed by atoms with Crippen LogP contribution in [0.5, 0.6) is 0 Å². The summed E-state index contributed by atoms with van der Waals surface area (Å²) in [6.45, 7) is 4.38. The first-order valence-electron chi connectivity index (χ1n) is 8.65. The fraction of sp³-hybridized carbons (Fsp3) is 0.182. The molecule has 3 aromatic carbocycles. The molecule has 0 saturated carbocycles. The Bertz CT molecular complexity index is 1130. The predicted molar refractivity (Wildman–Crippen MR) is 102 cm³/mol. The van der Waals surface area contributed by atoms with Crippen molar-refractivity contribution in [1.82, 2.24) is 9.97 Å². The van der Waals surface area contributed by atoms with Crippen molar-refractivity contribution in [3.63, 3.8) is 0 Å². The first-order chi connectivity index (χ1) is 11.8. The maximum atomic E-state index is 4.84. The smallest absolute Gasteiger partial charge is 0 e. The Morgan fingerprint density at radius 2 is 0.923 bits per heavy atom. The minimum absolute atomic E-state index is 0. The zero-order valence-electron chi connectivity index (χ0n) is 15.1. The molecule has 0 bridgehead atoms. The zero-order chi connectivity index (χ0) is 16.3. The minimum atomic E-state index is 0. The van der Waals surface area contributed by atoms with E-state index in [9.17, 15) is 0 Å². The number of hydrogen-bond donors (Lipinski definition) is 0. The van der Waals surface area contributed by atoms with Crippen molar-refractivity contribution in [3.05, 3.63) is 59.7 Å². The first kappa shape index (κ1) is 20.2. The third kappa shape index (κ3) is 3.14. The van der Waals surface area contributed by atoms with Gasteiger partial charge in [0.1, 0.15) is 0 Å². The zero-order valence-corrected chi connectivity index (χ0v) is 20.8. The summed E-state index contributed by atoms with van der Waals surface area (Å²) in [5.74, 6) is 0. The second-order valence-electron chi connectivity index (χ2n) is 6.52. The van der Waals surface area contributed by atoms with Crippen LogP contribution < -0.4 is 9.97 Å². The standard InChI is InChI=1S/C22H18N2.2Y/c1-3-13-5-7-19-15(9-13)17-11-22-18(12-21(17)23-19)16-10-14(4-2)6-8-20(16)24-22;;/h5-12H,3-4H2,1-2H3;;/q-2;;. The summed E-state index contributed by atoms with van der Waals surface area (Å²) in [6.07, 6.45) is 2.09. The normalized spacial score (nSPS) is 11.2. The summed E-state index contributed by atoms with van der Waals surface area (Å²) in [4.78, 5) is 9.68. The molecule has 0 aliphatic rings. The molecule has 2 nitrogen and oxygen atoms in total. The van der Waals surface area contributed by atoms with Crippen molar-refractivity contribution < 1.29 is 65.4 Å². The second kappa shape index (κ2) is 7.84. The van der Waals surface area contributed by atoms with Gasteiger partial charge in [0.15, 0.2) is 0 Å². The van der Waals surface area contributed by atoms with Gasteiger partial charge in [-0.05, 0) is 45.5 Å². The fourth-order valence-corrected chi connectivity index (χ4v) is 3.69. The minimum Gasteiger partial charge on any atom is -0.657 e. The van der Waals surface area contributed by atoms with Gasteiger partial charge in [-0.3, -0.25) is 0 Å². The number of aromatic nitrogens is 2. The van der Waals surface area contributed by atoms with Gasteiger partial charge in [0.25, 0.3) is 0 Å². The SMILES string of the molecule is CCc1ccc2[n-]c3cc4c(cc3c2c1)[n-]c1ccc(CC)cc14.[Y].[Y]. The molecule has 4 heteroatoms. The van der Waals surface area contributed by atoms with Gasteiger partial charge in [0, 0.05) is 65.4 Å². The molecule has 0 amide bonds. The summed E-state index contributed by atoms with van der Waals surface area (Å²) in [5.41, 5.74) is 7.00. The Balaban J connectivity index is 0.000000980. The Labute approximate surface area is 203 Å². The van der Waals surface area contributed by atoms with Crippen LogP contribution >= 0.6 is 0 Å². The molecular formula is C22H18N2Y2-2. The molecule has 0 N–H and O–H groups in total. The molecule has 0 aliphatic carbocycles. The third-order valence-corrected chi connectivity index (χ3v) is 5.11. The van der Waals surface area contributed by atoms with E-state index in [2.05, 4.69) is 62.4 Å². The van der Waals surface area contributed by atoms with Gasteiger partial charge in [-0.2, -0.15) is 0 Å². The average Bonchev–Trinajstić information content (AvgIpc) is 3.15. The largest absolute Gasteiger partial charge is 0.657 e. The van der Waals surface area contributed by atoms with Crippen LogP contribution in [0, 0.1) is 0 Å². The van der Waals surface area contributed by atoms with Gasteiger partial charge < -0.3 is 9.97 Å². The number of rotatable bonds is 2. The van der Waals surface area contributed by atoms with E-state index in [0.717, 1.165) is 34.9 Å². The van der Waals surface area contributed by atoms with Crippen molar-refractivity contribution in [2.75, 3.05) is 0 Å². The molecule has 0 atom stereocenters. The van der Waals surface area contributed by atoms with Crippen molar-refractivity contribution in [1.29, 1.82) is 0 Å². The van der Waals surface area contributed by atoms with Gasteiger partial charge >= 0.3 is 0 Å². The van der Waals surface area contributed by atoms with Crippen LogP contribution in [0.3, 0.4) is 0 Å². The van der Waals surface area contributed by atoms with E-state index in [0.29, 0.717) is 0 Å². The van der Waals surface area contributed by atoms with E-state index in [1.807, 2.05) is 0 Å². The quantitative estimate of drug-likeness (QED) is 0.336. The van der Waals surface area contributed by atoms with Gasteiger partial charge in [-0.15, -0.1) is 22.1 Å². The van der Waals surface area contributed by atoms with Gasteiger partial charge in [-0.25, -0.2) is 0 Å². The van der Waals surface area contributed by atoms with Crippen LogP contribution in [0.15, 0.2) is 48.5 Å². The van der Waals surface area contributed by atoms with E-state index < -0.39 is 0 Å². The average molecular weight is 488 g/mol. The van der Waals surface area contributed by atoms with E-state index in [1.54, 1.807) is 0 Å². The molecule has 0 saturated heterocycles. The van der Waals surface area contributed by atoms with Crippen molar-refractivity contribution >= 4 is 43.6 Å². The molecule has 0 spiro atoms. The molecule has 2 heterocycles. The molecule has 0 fully saturated rings. The maximum Gasteiger partial charge on any atom is 0 e. The summed E-state index contributed by atoms with van der Waals surface area (Å²) in [7, 11) is 0. The van der Waals surface area contributed by atoms with Crippen molar-refractivity contribution in [3.8, 4) is 0 Å². The van der Waals surface area contributed by atoms with Crippen LogP contribution in [-0.4, -0.2) is 0 Å². The molecule has 5 aromatic rings. The van der Waals surface area contributed by atoms with Gasteiger partial charge in [-0.1, -0.05) is 62.4 Å². The molecule has 2 aromatic heterocycles. The molecule has 26 heavy (non-hydrogen) atoms. The Morgan fingerprint density at radius 3 is 1.31 bits per heavy atom. The second-order valence-corrected chi connectivity index (χ2v) is 6.52. The predicted octanol–water partition coefficient (Wildman–Crippen LogP) is 5.33. The van der Waals surface area contributed by atoms with Crippen LogP contribution in [0.2, 0.25) is 0 Å². The van der Waals surface area contributed by atoms with E-state index >= 15 is 0 Å². The Hall–Kier alpha value is -0.532. The van der Waals surface area contributed by atoms with Gasteiger partial charge in [0.2, 0.25) is 0 Å². The monoisotopic (exact) mass is 488 g/mol. The van der Waals surface area contributed by atoms with Crippen LogP contribution in [0.1, 0.15) is 25.0 Å². The maximum absolute atomic E-state index is 4.84. The van der Waals surface area contributed by atoms with Crippen molar-refractivity contribution in [2.45, 2.75) is 26.7 Å². The molecular weight excluding hydrogens is 470 g/mol. The fourth-order valence-electron chi connectivity index (χ4n) is 3.69. The summed E-state index contributed by atoms with van der Waals surface area (Å²) >= 11 is 0. The van der Waals surface area contributed by atoms with Crippen LogP contribution in [0.4, 0.5) is 0 Å². The van der Waals surface area contributed by atoms with E-state index in [1.165, 1.54) is 32.7 Å². The number of nitrogens with zero attached hydrogens (tertiary/aromatic N) is 2. The Kier molecular flexibility index (Phi) is 6.09. The first-order valence-corrected chi connectivity index (χ1v) is 8.65. The van der Waals surface area contributed by atoms with E-state index in [-0.39, 0.29) is 65.4 Å². The topological polar surface area (TPSA) is 28.2 Å². The van der Waals surface area contributed by atoms with Crippen molar-refractivity contribution in [2.24, 2.45) is 0 Å². The third-order valence-electron chi connectivity index (χ3n) is 5.11. The summed E-state index contributed by atoms with van der Waals surface area (Å²) in [5, 5.41) is 4.91. The van der Waals surface area contributed by atoms with Crippen LogP contribution in [0.25, 0.3) is 43.6 Å². The number of benzene rings is 3. The molecule has 2 radical (unpaired) electrons. The van der Waals surface area contributed by atoms with E-state index in [4.69, 9.17) is 9.97 Å². The summed E-state index contributed by atoms with van der Waals surface area (Å²) in [6, 6.07) is 17.6. The molecule has 124 valence electrons. The molecule has 0 aliphatic heterocycles. The molecule has 5 rings (SSSR count). The summed E-state index contributed by atoms with van der Waals surface area (Å²) < 4.78 is 0.